The van der Waals surface area contributed by atoms with E-state index in [2.05, 4.69) is 27.4 Å². The van der Waals surface area contributed by atoms with Crippen molar-refractivity contribution in [1.82, 2.24) is 4.90 Å². The molecule has 0 radical (unpaired) electrons. The number of nitrogens with zero attached hydrogens (tertiary/aromatic N) is 1. The van der Waals surface area contributed by atoms with Crippen molar-refractivity contribution in [3.8, 4) is 0 Å². The Balaban J connectivity index is 1.26. The van der Waals surface area contributed by atoms with Crippen LogP contribution in [0.1, 0.15) is 93.4 Å². The number of fused-ring (bicyclic) bond motifs is 1. The van der Waals surface area contributed by atoms with Gasteiger partial charge in [-0.25, -0.2) is 0 Å². The molecule has 5 rings (SSSR count). The first-order chi connectivity index (χ1) is 20.0. The molecule has 5 fully saturated rings. The molecule has 1 heterocycles. The smallest absolute Gasteiger partial charge is 0.316 e. The van der Waals surface area contributed by atoms with Crippen molar-refractivity contribution < 1.29 is 24.2 Å². The highest BCUT2D eigenvalue weighted by atomic mass is 32.2. The Hall–Kier alpha value is -1.38. The van der Waals surface area contributed by atoms with Gasteiger partial charge in [-0.1, -0.05) is 54.5 Å². The average molecular weight is 617 g/mol. The van der Waals surface area contributed by atoms with Crippen LogP contribution in [0.4, 0.5) is 0 Å². The topological polar surface area (TPSA) is 110 Å². The summed E-state index contributed by atoms with van der Waals surface area (Å²) in [5, 5.41) is 12.1. The molecule has 4 saturated carbocycles. The quantitative estimate of drug-likeness (QED) is 0.310. The predicted molar refractivity (Wildman–Crippen MR) is 171 cm³/mol. The van der Waals surface area contributed by atoms with Gasteiger partial charge in [-0.05, 0) is 73.0 Å². The highest BCUT2D eigenvalue weighted by Gasteiger charge is 2.68. The first kappa shape index (κ1) is 33.0. The number of likely N-dealkylation sites (tertiary alicyclic amines) is 1. The SMILES string of the molecule is C=C[C@]1(C)C[C@@H](OC(=O)CSC2CC3CN(C(=O)[C@H](N)C(C)(C)C)CC3C2)[C@]2(C)[C@H](C)CC[C@]3(CCC(=O)[C@H]32)[C@@H](C)[C@@H]1O. The molecule has 1 aliphatic heterocycles. The van der Waals surface area contributed by atoms with Crippen molar-refractivity contribution in [1.29, 1.82) is 0 Å². The fourth-order valence-corrected chi connectivity index (χ4v) is 11.2. The van der Waals surface area contributed by atoms with Crippen molar-refractivity contribution >= 4 is 29.4 Å². The summed E-state index contributed by atoms with van der Waals surface area (Å²) in [7, 11) is 0. The van der Waals surface area contributed by atoms with Crippen molar-refractivity contribution in [3.63, 3.8) is 0 Å². The zero-order valence-electron chi connectivity index (χ0n) is 27.6. The van der Waals surface area contributed by atoms with Crippen LogP contribution in [0.3, 0.4) is 0 Å². The second-order valence-corrected chi connectivity index (χ2v) is 17.9. The van der Waals surface area contributed by atoms with Gasteiger partial charge in [0, 0.05) is 41.5 Å². The van der Waals surface area contributed by atoms with Gasteiger partial charge in [0.05, 0.1) is 17.9 Å². The molecule has 5 aliphatic rings. The number of Topliss-reactive ketones (excluding diaryl/α,β-unsaturated/α-hetero) is 1. The van der Waals surface area contributed by atoms with Crippen molar-refractivity contribution in [2.75, 3.05) is 18.8 Å². The lowest BCUT2D eigenvalue weighted by molar-refractivity contribution is -0.205. The minimum Gasteiger partial charge on any atom is -0.461 e. The Morgan fingerprint density at radius 2 is 1.81 bits per heavy atom. The Labute approximate surface area is 263 Å². The number of rotatable bonds is 6. The summed E-state index contributed by atoms with van der Waals surface area (Å²) in [4.78, 5) is 42.1. The lowest BCUT2D eigenvalue weighted by Gasteiger charge is -2.61. The summed E-state index contributed by atoms with van der Waals surface area (Å²) in [5.74, 6) is 1.25. The largest absolute Gasteiger partial charge is 0.461 e. The fourth-order valence-electron chi connectivity index (χ4n) is 10.0. The summed E-state index contributed by atoms with van der Waals surface area (Å²) in [6.45, 7) is 20.2. The second-order valence-electron chi connectivity index (χ2n) is 16.6. The van der Waals surface area contributed by atoms with E-state index in [0.717, 1.165) is 45.2 Å². The van der Waals surface area contributed by atoms with Crippen LogP contribution in [-0.4, -0.2) is 70.0 Å². The standard InChI is InChI=1S/C35H56N2O5S/c1-9-33(7)16-26(34(8)20(2)10-12-35(21(3)30(33)40)13-11-25(38)28(34)35)42-27(39)19-43-24-14-22-17-37(18-23(22)15-24)31(41)29(36)32(4,5)6/h9,20-24,26,28-30,40H,1,10-19,36H2,2-8H3/t20-,21+,22?,23?,24?,26-,28+,29+,30+,33-,34+,35+/m1/s1. The van der Waals surface area contributed by atoms with E-state index in [-0.39, 0.29) is 52.0 Å². The van der Waals surface area contributed by atoms with Crippen LogP contribution in [0.15, 0.2) is 12.7 Å². The van der Waals surface area contributed by atoms with Crippen molar-refractivity contribution in [2.24, 2.45) is 57.0 Å². The third-order valence-electron chi connectivity index (χ3n) is 13.2. The molecule has 1 saturated heterocycles. The molecule has 3 N–H and O–H groups in total. The van der Waals surface area contributed by atoms with Crippen LogP contribution < -0.4 is 5.73 Å². The van der Waals surface area contributed by atoms with Crippen LogP contribution in [0.5, 0.6) is 0 Å². The Bertz CT molecular complexity index is 1120. The van der Waals surface area contributed by atoms with E-state index >= 15 is 0 Å². The van der Waals surface area contributed by atoms with Crippen LogP contribution >= 0.6 is 11.8 Å². The van der Waals surface area contributed by atoms with Crippen LogP contribution in [0.2, 0.25) is 0 Å². The maximum absolute atomic E-state index is 13.6. The third kappa shape index (κ3) is 5.43. The molecule has 242 valence electrons. The number of aliphatic hydroxyl groups excluding tert-OH is 1. The van der Waals surface area contributed by atoms with Crippen LogP contribution in [0.25, 0.3) is 0 Å². The van der Waals surface area contributed by atoms with Gasteiger partial charge in [0.2, 0.25) is 5.91 Å². The number of hydrogen-bond acceptors (Lipinski definition) is 7. The van der Waals surface area contributed by atoms with E-state index < -0.39 is 29.1 Å². The Kier molecular flexibility index (Phi) is 8.79. The van der Waals surface area contributed by atoms with E-state index in [1.54, 1.807) is 11.8 Å². The summed E-state index contributed by atoms with van der Waals surface area (Å²) < 4.78 is 6.44. The molecule has 4 aliphatic carbocycles. The molecule has 0 aromatic heterocycles. The average Bonchev–Trinajstić information content (AvgIpc) is 3.63. The molecular formula is C35H56N2O5S. The van der Waals surface area contributed by atoms with Gasteiger partial charge in [0.25, 0.3) is 0 Å². The van der Waals surface area contributed by atoms with Crippen LogP contribution in [0, 0.1) is 51.2 Å². The molecule has 0 aromatic rings. The summed E-state index contributed by atoms with van der Waals surface area (Å²) >= 11 is 1.68. The molecule has 0 aromatic carbocycles. The third-order valence-corrected chi connectivity index (χ3v) is 14.5. The van der Waals surface area contributed by atoms with Crippen LogP contribution in [-0.2, 0) is 19.1 Å². The lowest BCUT2D eigenvalue weighted by atomic mass is 9.44. The minimum absolute atomic E-state index is 0.0387. The van der Waals surface area contributed by atoms with Crippen molar-refractivity contribution in [2.45, 2.75) is 117 Å². The lowest BCUT2D eigenvalue weighted by Crippen LogP contribution is -2.63. The molecule has 7 nitrogen and oxygen atoms in total. The number of ketones is 1. The van der Waals surface area contributed by atoms with Crippen molar-refractivity contribution in [3.05, 3.63) is 12.7 Å². The summed E-state index contributed by atoms with van der Waals surface area (Å²) in [6.07, 6.45) is 6.41. The molecule has 0 spiro atoms. The molecular weight excluding hydrogens is 560 g/mol. The fraction of sp³-hybridized carbons (Fsp3) is 0.857. The normalized spacial score (nSPS) is 45.1. The van der Waals surface area contributed by atoms with E-state index in [4.69, 9.17) is 10.5 Å². The zero-order chi connectivity index (χ0) is 31.7. The number of nitrogens with two attached hydrogens (primary N) is 1. The summed E-state index contributed by atoms with van der Waals surface area (Å²) in [5.41, 5.74) is 4.63. The number of amides is 1. The second kappa shape index (κ2) is 11.5. The van der Waals surface area contributed by atoms with Gasteiger partial charge < -0.3 is 20.5 Å². The molecule has 2 bridgehead atoms. The predicted octanol–water partition coefficient (Wildman–Crippen LogP) is 5.24. The van der Waals surface area contributed by atoms with E-state index in [9.17, 15) is 19.5 Å². The number of ether oxygens (including phenoxy) is 1. The highest BCUT2D eigenvalue weighted by molar-refractivity contribution is 8.00. The van der Waals surface area contributed by atoms with Gasteiger partial charge in [-0.2, -0.15) is 0 Å². The van der Waals surface area contributed by atoms with Gasteiger partial charge >= 0.3 is 5.97 Å². The number of carbonyl (C=O) groups is 3. The number of carbonyl (C=O) groups excluding carboxylic acids is 3. The number of aliphatic hydroxyl groups is 1. The Morgan fingerprint density at radius 1 is 1.19 bits per heavy atom. The number of hydrogen-bond donors (Lipinski definition) is 2. The van der Waals surface area contributed by atoms with E-state index in [1.807, 2.05) is 38.7 Å². The molecule has 8 heteroatoms. The zero-order valence-corrected chi connectivity index (χ0v) is 28.4. The first-order valence-electron chi connectivity index (χ1n) is 16.7. The van der Waals surface area contributed by atoms with E-state index in [1.165, 1.54) is 0 Å². The highest BCUT2D eigenvalue weighted by Crippen LogP contribution is 2.68. The molecule has 2 unspecified atom stereocenters. The van der Waals surface area contributed by atoms with E-state index in [0.29, 0.717) is 29.9 Å². The van der Waals surface area contributed by atoms with Gasteiger partial charge in [-0.3, -0.25) is 14.4 Å². The Morgan fingerprint density at radius 3 is 2.40 bits per heavy atom. The molecule has 1 amide bonds. The maximum atomic E-state index is 13.6. The minimum atomic E-state index is -0.658. The summed E-state index contributed by atoms with van der Waals surface area (Å²) in [6, 6.07) is -0.495. The monoisotopic (exact) mass is 616 g/mol. The molecule has 43 heavy (non-hydrogen) atoms. The van der Waals surface area contributed by atoms with Gasteiger partial charge in [-0.15, -0.1) is 18.3 Å². The number of esters is 1. The maximum Gasteiger partial charge on any atom is 0.316 e. The number of thioether (sulfide) groups is 1. The molecule has 11 atom stereocenters. The van der Waals surface area contributed by atoms with Gasteiger partial charge in [0.15, 0.2) is 0 Å². The van der Waals surface area contributed by atoms with Gasteiger partial charge in [0.1, 0.15) is 11.9 Å². The first-order valence-corrected chi connectivity index (χ1v) is 17.7.